The summed E-state index contributed by atoms with van der Waals surface area (Å²) in [7, 11) is 1.45. The van der Waals surface area contributed by atoms with E-state index in [1.54, 1.807) is 48.5 Å². The molecule has 0 bridgehead atoms. The topological polar surface area (TPSA) is 113 Å². The molecule has 0 aliphatic heterocycles. The van der Waals surface area contributed by atoms with Crippen LogP contribution in [0.15, 0.2) is 71.8 Å². The number of amides is 2. The van der Waals surface area contributed by atoms with Crippen molar-refractivity contribution < 1.29 is 23.5 Å². The van der Waals surface area contributed by atoms with Crippen LogP contribution < -0.4 is 20.2 Å². The molecular formula is C24H19FN4O4. The predicted molar refractivity (Wildman–Crippen MR) is 120 cm³/mol. The standard InChI is InChI=1S/C24H19FN4O4/c1-32-21-9-5-6-17(23(21)33-15-22(30)28-18-7-3-2-4-8-18)14-27-29-24(31)19-11-10-16(13-26)12-20(19)25/h2-12,14H,15H2,1H3,(H,28,30)(H,29,31)/b27-14+. The van der Waals surface area contributed by atoms with Gasteiger partial charge in [-0.3, -0.25) is 9.59 Å². The van der Waals surface area contributed by atoms with Crippen LogP contribution in [0.2, 0.25) is 0 Å². The Bertz CT molecular complexity index is 1220. The maximum absolute atomic E-state index is 14.0. The van der Waals surface area contributed by atoms with Crippen molar-refractivity contribution in [3.63, 3.8) is 0 Å². The van der Waals surface area contributed by atoms with Gasteiger partial charge in [0.05, 0.1) is 30.5 Å². The Morgan fingerprint density at radius 2 is 1.91 bits per heavy atom. The third kappa shape index (κ3) is 6.15. The molecule has 0 aliphatic rings. The van der Waals surface area contributed by atoms with Crippen molar-refractivity contribution >= 4 is 23.7 Å². The van der Waals surface area contributed by atoms with E-state index >= 15 is 0 Å². The molecule has 0 heterocycles. The van der Waals surface area contributed by atoms with Crippen LogP contribution in [0.5, 0.6) is 11.5 Å². The number of anilines is 1. The number of hydrazone groups is 1. The molecule has 0 aromatic heterocycles. The average molecular weight is 446 g/mol. The zero-order valence-corrected chi connectivity index (χ0v) is 17.5. The van der Waals surface area contributed by atoms with Gasteiger partial charge in [-0.25, -0.2) is 9.82 Å². The fourth-order valence-electron chi connectivity index (χ4n) is 2.80. The van der Waals surface area contributed by atoms with Gasteiger partial charge in [-0.1, -0.05) is 24.3 Å². The van der Waals surface area contributed by atoms with Gasteiger partial charge in [-0.2, -0.15) is 10.4 Å². The van der Waals surface area contributed by atoms with E-state index in [4.69, 9.17) is 14.7 Å². The van der Waals surface area contributed by atoms with Crippen LogP contribution in [0.25, 0.3) is 0 Å². The first-order chi connectivity index (χ1) is 16.0. The second-order valence-corrected chi connectivity index (χ2v) is 6.59. The molecule has 0 atom stereocenters. The van der Waals surface area contributed by atoms with Crippen molar-refractivity contribution in [3.8, 4) is 17.6 Å². The first-order valence-corrected chi connectivity index (χ1v) is 9.69. The second kappa shape index (κ2) is 11.1. The second-order valence-electron chi connectivity index (χ2n) is 6.59. The highest BCUT2D eigenvalue weighted by Gasteiger charge is 2.14. The van der Waals surface area contributed by atoms with Gasteiger partial charge in [-0.15, -0.1) is 0 Å². The number of hydrogen-bond donors (Lipinski definition) is 2. The lowest BCUT2D eigenvalue weighted by Gasteiger charge is -2.13. The summed E-state index contributed by atoms with van der Waals surface area (Å²) in [4.78, 5) is 24.4. The molecule has 8 nitrogen and oxygen atoms in total. The summed E-state index contributed by atoms with van der Waals surface area (Å²) in [5.74, 6) is -1.40. The minimum absolute atomic E-state index is 0.0991. The predicted octanol–water partition coefficient (Wildman–Crippen LogP) is 3.49. The fourth-order valence-corrected chi connectivity index (χ4v) is 2.80. The highest BCUT2D eigenvalue weighted by molar-refractivity contribution is 5.96. The van der Waals surface area contributed by atoms with E-state index in [-0.39, 0.29) is 29.4 Å². The number of ether oxygens (including phenoxy) is 2. The number of methoxy groups -OCH3 is 1. The number of para-hydroxylation sites is 2. The lowest BCUT2D eigenvalue weighted by Crippen LogP contribution is -2.21. The van der Waals surface area contributed by atoms with Gasteiger partial charge in [0.15, 0.2) is 18.1 Å². The maximum Gasteiger partial charge on any atom is 0.274 e. The SMILES string of the molecule is COc1cccc(/C=N/NC(=O)c2ccc(C#N)cc2F)c1OCC(=O)Nc1ccccc1. The summed E-state index contributed by atoms with van der Waals surface area (Å²) in [6.45, 7) is -0.293. The van der Waals surface area contributed by atoms with Gasteiger partial charge in [-0.05, 0) is 42.5 Å². The number of hydrogen-bond acceptors (Lipinski definition) is 6. The molecular weight excluding hydrogens is 427 g/mol. The molecule has 166 valence electrons. The molecule has 0 fully saturated rings. The minimum atomic E-state index is -0.836. The van der Waals surface area contributed by atoms with E-state index in [1.807, 2.05) is 6.07 Å². The first kappa shape index (κ1) is 23.0. The van der Waals surface area contributed by atoms with Crippen molar-refractivity contribution in [3.05, 3.63) is 89.2 Å². The number of halogens is 1. The van der Waals surface area contributed by atoms with Gasteiger partial charge < -0.3 is 14.8 Å². The molecule has 9 heteroatoms. The third-order valence-electron chi connectivity index (χ3n) is 4.35. The Morgan fingerprint density at radius 1 is 1.12 bits per heavy atom. The average Bonchev–Trinajstić information content (AvgIpc) is 2.83. The normalized spacial score (nSPS) is 10.3. The highest BCUT2D eigenvalue weighted by Crippen LogP contribution is 2.30. The molecule has 2 amide bonds. The van der Waals surface area contributed by atoms with Crippen molar-refractivity contribution in [2.45, 2.75) is 0 Å². The number of benzene rings is 3. The maximum atomic E-state index is 14.0. The Labute approximate surface area is 189 Å². The van der Waals surface area contributed by atoms with E-state index in [2.05, 4.69) is 15.8 Å². The molecule has 0 aliphatic carbocycles. The summed E-state index contributed by atoms with van der Waals surface area (Å²) in [5.41, 5.74) is 3.11. The molecule has 0 radical (unpaired) electrons. The van der Waals surface area contributed by atoms with E-state index in [1.165, 1.54) is 25.5 Å². The van der Waals surface area contributed by atoms with E-state index in [9.17, 15) is 14.0 Å². The van der Waals surface area contributed by atoms with E-state index in [0.29, 0.717) is 17.0 Å². The number of rotatable bonds is 8. The molecule has 0 saturated carbocycles. The number of nitrogens with one attached hydrogen (secondary N) is 2. The number of nitriles is 1. The van der Waals surface area contributed by atoms with Crippen molar-refractivity contribution in [2.24, 2.45) is 5.10 Å². The smallest absolute Gasteiger partial charge is 0.274 e. The Balaban J connectivity index is 1.69. The van der Waals surface area contributed by atoms with Crippen LogP contribution in [-0.2, 0) is 4.79 Å². The fraction of sp³-hybridized carbons (Fsp3) is 0.0833. The molecule has 3 aromatic rings. The number of carbonyl (C=O) groups excluding carboxylic acids is 2. The largest absolute Gasteiger partial charge is 0.493 e. The monoisotopic (exact) mass is 446 g/mol. The molecule has 3 rings (SSSR count). The van der Waals surface area contributed by atoms with E-state index < -0.39 is 11.7 Å². The summed E-state index contributed by atoms with van der Waals surface area (Å²) in [5, 5.41) is 15.3. The van der Waals surface area contributed by atoms with Gasteiger partial charge in [0, 0.05) is 11.3 Å². The molecule has 3 aromatic carbocycles. The van der Waals surface area contributed by atoms with Gasteiger partial charge >= 0.3 is 0 Å². The lowest BCUT2D eigenvalue weighted by atomic mass is 10.1. The summed E-state index contributed by atoms with van der Waals surface area (Å²) >= 11 is 0. The van der Waals surface area contributed by atoms with Crippen molar-refractivity contribution in [1.29, 1.82) is 5.26 Å². The lowest BCUT2D eigenvalue weighted by molar-refractivity contribution is -0.118. The van der Waals surface area contributed by atoms with Crippen molar-refractivity contribution in [2.75, 3.05) is 19.0 Å². The third-order valence-corrected chi connectivity index (χ3v) is 4.35. The van der Waals surface area contributed by atoms with Crippen LogP contribution in [-0.4, -0.2) is 31.7 Å². The molecule has 0 unspecified atom stereocenters. The Hall–Kier alpha value is -4.71. The highest BCUT2D eigenvalue weighted by atomic mass is 19.1. The van der Waals surface area contributed by atoms with Gasteiger partial charge in [0.2, 0.25) is 0 Å². The quantitative estimate of drug-likeness (QED) is 0.406. The van der Waals surface area contributed by atoms with Gasteiger partial charge in [0.1, 0.15) is 5.82 Å². The van der Waals surface area contributed by atoms with Crippen LogP contribution >= 0.6 is 0 Å². The summed E-state index contributed by atoms with van der Waals surface area (Å²) in [6, 6.07) is 19.2. The zero-order valence-electron chi connectivity index (χ0n) is 17.5. The molecule has 2 N–H and O–H groups in total. The zero-order chi connectivity index (χ0) is 23.6. The Morgan fingerprint density at radius 3 is 2.61 bits per heavy atom. The van der Waals surface area contributed by atoms with Crippen LogP contribution in [0.4, 0.5) is 10.1 Å². The van der Waals surface area contributed by atoms with Gasteiger partial charge in [0.25, 0.3) is 11.8 Å². The molecule has 33 heavy (non-hydrogen) atoms. The van der Waals surface area contributed by atoms with Crippen LogP contribution in [0, 0.1) is 17.1 Å². The molecule has 0 saturated heterocycles. The summed E-state index contributed by atoms with van der Waals surface area (Å²) < 4.78 is 24.9. The minimum Gasteiger partial charge on any atom is -0.493 e. The summed E-state index contributed by atoms with van der Waals surface area (Å²) in [6.07, 6.45) is 1.28. The number of nitrogens with zero attached hydrogens (tertiary/aromatic N) is 2. The van der Waals surface area contributed by atoms with E-state index in [0.717, 1.165) is 6.07 Å². The van der Waals surface area contributed by atoms with Crippen LogP contribution in [0.1, 0.15) is 21.5 Å². The van der Waals surface area contributed by atoms with Crippen LogP contribution in [0.3, 0.4) is 0 Å². The first-order valence-electron chi connectivity index (χ1n) is 9.69. The molecule has 0 spiro atoms. The van der Waals surface area contributed by atoms with Crippen molar-refractivity contribution in [1.82, 2.24) is 5.43 Å². The number of carbonyl (C=O) groups is 2. The Kier molecular flexibility index (Phi) is 7.70.